The van der Waals surface area contributed by atoms with Crippen LogP contribution in [0.2, 0.25) is 0 Å². The highest BCUT2D eigenvalue weighted by Crippen LogP contribution is 2.35. The van der Waals surface area contributed by atoms with Gasteiger partial charge in [-0.3, -0.25) is 19.1 Å². The molecule has 3 atom stereocenters. The van der Waals surface area contributed by atoms with Gasteiger partial charge in [0.2, 0.25) is 17.7 Å². The number of amides is 3. The lowest BCUT2D eigenvalue weighted by Gasteiger charge is -2.25. The summed E-state index contributed by atoms with van der Waals surface area (Å²) >= 11 is 12.8. The smallest absolute Gasteiger partial charge is 0.354 e. The number of thiophene rings is 1. The van der Waals surface area contributed by atoms with Gasteiger partial charge in [-0.05, 0) is 83.7 Å². The summed E-state index contributed by atoms with van der Waals surface area (Å²) in [5, 5.41) is 11.5. The Bertz CT molecular complexity index is 1720. The van der Waals surface area contributed by atoms with Crippen molar-refractivity contribution in [2.75, 3.05) is 18.2 Å². The summed E-state index contributed by atoms with van der Waals surface area (Å²) in [5.74, 6) is -1.52. The van der Waals surface area contributed by atoms with Crippen LogP contribution < -0.4 is 20.7 Å². The van der Waals surface area contributed by atoms with Gasteiger partial charge in [-0.2, -0.15) is 35.6 Å². The van der Waals surface area contributed by atoms with Crippen LogP contribution in [0, 0.1) is 9.49 Å². The molecule has 1 aromatic carbocycles. The highest BCUT2D eigenvalue weighted by Gasteiger charge is 2.36. The van der Waals surface area contributed by atoms with Gasteiger partial charge in [0.1, 0.15) is 22.3 Å². The molecule has 0 saturated heterocycles. The number of alkyl halides is 4. The Morgan fingerprint density at radius 1 is 1.00 bits per heavy atom. The first-order valence-electron chi connectivity index (χ1n) is 15.5. The second kappa shape index (κ2) is 18.9. The molecule has 0 aliphatic rings. The number of nitrogens with one attached hydrogen (secondary N) is 4. The van der Waals surface area contributed by atoms with E-state index in [0.717, 1.165) is 25.7 Å². The standard InChI is InChI=1S/C31H39ClF3IN6O5S3/c1-18(2)5-10-21(41-50(46,47)27-12-11-25(49-27)24-16-26(31(33,34)35)40-42(24)3)29(44)38-22(15-19-6-8-20(36)9-7-19)30(45)39-23(17-48)28(43)37-14-4-13-32/h6-9,11-12,16,18,21-23,41,48H,4-5,10,13-15,17H2,1-3H3,(H,37,43)(H,38,44)(H,39,45)/t21-,22-,23-/m0/s1. The Kier molecular flexibility index (Phi) is 15.9. The van der Waals surface area contributed by atoms with Crippen LogP contribution in [0.4, 0.5) is 13.2 Å². The number of sulfonamides is 1. The number of carbonyl (C=O) groups is 3. The van der Waals surface area contributed by atoms with Crippen molar-refractivity contribution in [2.24, 2.45) is 13.0 Å². The van der Waals surface area contributed by atoms with E-state index in [2.05, 4.69) is 61.0 Å². The lowest BCUT2D eigenvalue weighted by molar-refractivity contribution is -0.141. The zero-order valence-corrected chi connectivity index (χ0v) is 32.8. The zero-order chi connectivity index (χ0) is 37.2. The number of thiol groups is 1. The summed E-state index contributed by atoms with van der Waals surface area (Å²) < 4.78 is 71.0. The molecular formula is C31H39ClF3IN6O5S3. The molecule has 3 aromatic rings. The molecule has 276 valence electrons. The average molecular weight is 891 g/mol. The van der Waals surface area contributed by atoms with Crippen LogP contribution in [0.25, 0.3) is 10.6 Å². The van der Waals surface area contributed by atoms with Gasteiger partial charge in [-0.1, -0.05) is 26.0 Å². The van der Waals surface area contributed by atoms with Gasteiger partial charge in [0.15, 0.2) is 5.69 Å². The lowest BCUT2D eigenvalue weighted by atomic mass is 10.0. The number of hydrogen-bond donors (Lipinski definition) is 5. The number of rotatable bonds is 18. The summed E-state index contributed by atoms with van der Waals surface area (Å²) in [7, 11) is -3.04. The first-order valence-corrected chi connectivity index (χ1v) is 20.0. The van der Waals surface area contributed by atoms with Crippen LogP contribution in [0.3, 0.4) is 0 Å². The molecule has 0 bridgehead atoms. The highest BCUT2D eigenvalue weighted by molar-refractivity contribution is 14.1. The van der Waals surface area contributed by atoms with E-state index < -0.39 is 57.7 Å². The third-order valence-corrected chi connectivity index (χ3v) is 11.7. The zero-order valence-electron chi connectivity index (χ0n) is 27.4. The molecule has 2 heterocycles. The maximum Gasteiger partial charge on any atom is 0.435 e. The molecule has 0 saturated carbocycles. The van der Waals surface area contributed by atoms with E-state index in [-0.39, 0.29) is 39.3 Å². The summed E-state index contributed by atoms with van der Waals surface area (Å²) in [4.78, 5) is 40.3. The number of halogens is 5. The van der Waals surface area contributed by atoms with E-state index in [0.29, 0.717) is 30.8 Å². The summed E-state index contributed by atoms with van der Waals surface area (Å²) in [6, 6.07) is 7.14. The Balaban J connectivity index is 1.87. The maximum absolute atomic E-state index is 13.8. The van der Waals surface area contributed by atoms with E-state index in [1.807, 2.05) is 26.0 Å². The summed E-state index contributed by atoms with van der Waals surface area (Å²) in [5.41, 5.74) is -0.350. The normalized spacial score (nSPS) is 13.9. The van der Waals surface area contributed by atoms with Crippen molar-refractivity contribution in [2.45, 2.75) is 68.0 Å². The van der Waals surface area contributed by atoms with E-state index in [1.54, 1.807) is 12.1 Å². The Morgan fingerprint density at radius 3 is 2.22 bits per heavy atom. The van der Waals surface area contributed by atoms with Crippen LogP contribution in [-0.4, -0.2) is 72.2 Å². The van der Waals surface area contributed by atoms with Gasteiger partial charge in [0.05, 0.1) is 10.6 Å². The maximum atomic E-state index is 13.8. The van der Waals surface area contributed by atoms with Crippen molar-refractivity contribution in [3.8, 4) is 10.6 Å². The van der Waals surface area contributed by atoms with Crippen LogP contribution in [0.1, 0.15) is 44.4 Å². The number of carbonyl (C=O) groups excluding carboxylic acids is 3. The van der Waals surface area contributed by atoms with Crippen LogP contribution in [0.5, 0.6) is 0 Å². The fraction of sp³-hybridized carbons (Fsp3) is 0.484. The van der Waals surface area contributed by atoms with Crippen molar-refractivity contribution < 1.29 is 36.0 Å². The highest BCUT2D eigenvalue weighted by atomic mass is 127. The molecular weight excluding hydrogens is 852 g/mol. The largest absolute Gasteiger partial charge is 0.435 e. The minimum Gasteiger partial charge on any atom is -0.354 e. The van der Waals surface area contributed by atoms with E-state index >= 15 is 0 Å². The molecule has 3 amide bonds. The van der Waals surface area contributed by atoms with Gasteiger partial charge in [0.25, 0.3) is 10.0 Å². The second-order valence-corrected chi connectivity index (χ2v) is 16.8. The van der Waals surface area contributed by atoms with Gasteiger partial charge >= 0.3 is 6.18 Å². The minimum absolute atomic E-state index is 0.0292. The third kappa shape index (κ3) is 12.4. The average Bonchev–Trinajstić information content (AvgIpc) is 3.70. The van der Waals surface area contributed by atoms with Gasteiger partial charge in [-0.25, -0.2) is 8.42 Å². The molecule has 50 heavy (non-hydrogen) atoms. The fourth-order valence-electron chi connectivity index (χ4n) is 4.63. The van der Waals surface area contributed by atoms with Crippen molar-refractivity contribution in [1.82, 2.24) is 30.5 Å². The second-order valence-electron chi connectivity index (χ2n) is 11.8. The number of aryl methyl sites for hydroxylation is 1. The number of benzene rings is 1. The SMILES string of the molecule is CC(C)CC[C@H](NS(=O)(=O)c1ccc(-c2cc(C(F)(F)F)nn2C)s1)C(=O)N[C@@H](Cc1ccc(I)cc1)C(=O)N[C@@H](CS)C(=O)NCCCCl. The lowest BCUT2D eigenvalue weighted by Crippen LogP contribution is -2.57. The van der Waals surface area contributed by atoms with Crippen molar-refractivity contribution >= 4 is 85.9 Å². The molecule has 0 unspecified atom stereocenters. The fourth-order valence-corrected chi connectivity index (χ4v) is 7.98. The monoisotopic (exact) mass is 890 g/mol. The number of aromatic nitrogens is 2. The molecule has 3 rings (SSSR count). The predicted octanol–water partition coefficient (Wildman–Crippen LogP) is 4.74. The van der Waals surface area contributed by atoms with Gasteiger partial charge in [0, 0.05) is 35.2 Å². The summed E-state index contributed by atoms with van der Waals surface area (Å²) in [6.45, 7) is 4.10. The van der Waals surface area contributed by atoms with Crippen molar-refractivity contribution in [3.05, 3.63) is 57.3 Å². The van der Waals surface area contributed by atoms with E-state index in [4.69, 9.17) is 11.6 Å². The number of hydrogen-bond acceptors (Lipinski definition) is 8. The third-order valence-electron chi connectivity index (χ3n) is 7.33. The van der Waals surface area contributed by atoms with Crippen molar-refractivity contribution in [1.29, 1.82) is 0 Å². The topological polar surface area (TPSA) is 151 Å². The molecule has 0 fully saturated rings. The first-order chi connectivity index (χ1) is 23.4. The molecule has 0 aliphatic carbocycles. The molecule has 0 spiro atoms. The molecule has 11 nitrogen and oxygen atoms in total. The van der Waals surface area contributed by atoms with Gasteiger partial charge < -0.3 is 16.0 Å². The Hall–Kier alpha value is -2.39. The minimum atomic E-state index is -4.68. The van der Waals surface area contributed by atoms with Crippen LogP contribution in [0.15, 0.2) is 46.7 Å². The summed E-state index contributed by atoms with van der Waals surface area (Å²) in [6.07, 6.45) is -3.60. The molecule has 2 aromatic heterocycles. The van der Waals surface area contributed by atoms with Crippen LogP contribution >= 0.6 is 58.2 Å². The molecule has 19 heteroatoms. The van der Waals surface area contributed by atoms with Crippen molar-refractivity contribution in [3.63, 3.8) is 0 Å². The molecule has 0 aliphatic heterocycles. The Morgan fingerprint density at radius 2 is 1.64 bits per heavy atom. The van der Waals surface area contributed by atoms with Gasteiger partial charge in [-0.15, -0.1) is 22.9 Å². The Labute approximate surface area is 317 Å². The molecule has 4 N–H and O–H groups in total. The molecule has 0 radical (unpaired) electrons. The van der Waals surface area contributed by atoms with E-state index in [9.17, 15) is 36.0 Å². The first kappa shape index (κ1) is 42.0. The van der Waals surface area contributed by atoms with E-state index in [1.165, 1.54) is 19.2 Å². The number of nitrogens with zero attached hydrogens (tertiary/aromatic N) is 2. The van der Waals surface area contributed by atoms with Crippen LogP contribution in [-0.2, 0) is 44.1 Å². The quantitative estimate of drug-likeness (QED) is 0.0539. The predicted molar refractivity (Wildman–Crippen MR) is 199 cm³/mol.